The molecule has 3 saturated heterocycles. The third-order valence-electron chi connectivity index (χ3n) is 8.67. The summed E-state index contributed by atoms with van der Waals surface area (Å²) >= 11 is 1.70. The summed E-state index contributed by atoms with van der Waals surface area (Å²) in [5, 5.41) is 3.40. The molecule has 0 bridgehead atoms. The summed E-state index contributed by atoms with van der Waals surface area (Å²) in [6.07, 6.45) is 4.08. The summed E-state index contributed by atoms with van der Waals surface area (Å²) in [6.45, 7) is 7.19. The predicted octanol–water partition coefficient (Wildman–Crippen LogP) is 3.52. The number of carbonyl (C=O) groups excluding carboxylic acids is 1. The van der Waals surface area contributed by atoms with Crippen LogP contribution in [0.1, 0.15) is 25.7 Å². The summed E-state index contributed by atoms with van der Waals surface area (Å²) in [5.41, 5.74) is 7.85. The van der Waals surface area contributed by atoms with Crippen LogP contribution in [-0.2, 0) is 4.79 Å². The van der Waals surface area contributed by atoms with Crippen LogP contribution in [0.2, 0.25) is 0 Å². The van der Waals surface area contributed by atoms with Gasteiger partial charge in [0, 0.05) is 68.6 Å². The minimum atomic E-state index is -0.231. The number of benzene rings is 1. The lowest BCUT2D eigenvalue weighted by atomic mass is 9.95. The number of primary amides is 1. The Bertz CT molecular complexity index is 1270. The Hall–Kier alpha value is -2.75. The van der Waals surface area contributed by atoms with Crippen molar-refractivity contribution in [2.24, 2.45) is 17.6 Å². The van der Waals surface area contributed by atoms with Gasteiger partial charge in [0.15, 0.2) is 0 Å². The summed E-state index contributed by atoms with van der Waals surface area (Å²) in [4.78, 5) is 32.3. The van der Waals surface area contributed by atoms with E-state index >= 15 is 0 Å². The van der Waals surface area contributed by atoms with Gasteiger partial charge < -0.3 is 25.3 Å². The van der Waals surface area contributed by atoms with Gasteiger partial charge >= 0.3 is 0 Å². The molecular weight excluding hydrogens is 494 g/mol. The number of thiophene rings is 1. The van der Waals surface area contributed by atoms with Crippen molar-refractivity contribution in [3.8, 4) is 11.1 Å². The van der Waals surface area contributed by atoms with Crippen molar-refractivity contribution in [3.63, 3.8) is 0 Å². The summed E-state index contributed by atoms with van der Waals surface area (Å²) in [7, 11) is 4.54. The van der Waals surface area contributed by atoms with Gasteiger partial charge in [0.1, 0.15) is 10.6 Å². The SMILES string of the molecule is CN1CCC(N(C)CC2CCN(c3nc(N4CC(CC(N)=O)C4)nc4scc(-c5ccccc5)c34)CC2)C1. The molecule has 0 saturated carbocycles. The lowest BCUT2D eigenvalue weighted by Crippen LogP contribution is -2.49. The fourth-order valence-electron chi connectivity index (χ4n) is 6.41. The Kier molecular flexibility index (Phi) is 7.24. The first-order valence-electron chi connectivity index (χ1n) is 14.0. The van der Waals surface area contributed by atoms with Gasteiger partial charge in [0.25, 0.3) is 0 Å². The highest BCUT2D eigenvalue weighted by molar-refractivity contribution is 7.17. The molecule has 2 N–H and O–H groups in total. The molecule has 6 rings (SSSR count). The second kappa shape index (κ2) is 10.8. The van der Waals surface area contributed by atoms with Crippen LogP contribution in [0.4, 0.5) is 11.8 Å². The van der Waals surface area contributed by atoms with E-state index in [1.807, 2.05) is 0 Å². The minimum Gasteiger partial charge on any atom is -0.370 e. The number of piperidine rings is 1. The maximum Gasteiger partial charge on any atom is 0.228 e. The molecule has 3 aromatic rings. The molecule has 1 aromatic carbocycles. The van der Waals surface area contributed by atoms with Gasteiger partial charge in [0.2, 0.25) is 11.9 Å². The van der Waals surface area contributed by atoms with E-state index in [0.717, 1.165) is 48.7 Å². The molecule has 3 aliphatic heterocycles. The topological polar surface area (TPSA) is 81.8 Å². The van der Waals surface area contributed by atoms with Gasteiger partial charge in [-0.3, -0.25) is 4.79 Å². The number of amides is 1. The number of fused-ring (bicyclic) bond motifs is 1. The van der Waals surface area contributed by atoms with E-state index < -0.39 is 0 Å². The second-order valence-corrected chi connectivity index (χ2v) is 12.4. The Morgan fingerprint density at radius 3 is 2.47 bits per heavy atom. The molecule has 1 amide bonds. The van der Waals surface area contributed by atoms with Crippen molar-refractivity contribution in [1.82, 2.24) is 19.8 Å². The summed E-state index contributed by atoms with van der Waals surface area (Å²) < 4.78 is 0. The van der Waals surface area contributed by atoms with E-state index in [0.29, 0.717) is 18.4 Å². The number of carbonyl (C=O) groups is 1. The van der Waals surface area contributed by atoms with Crippen molar-refractivity contribution < 1.29 is 4.79 Å². The zero-order chi connectivity index (χ0) is 26.2. The third-order valence-corrected chi connectivity index (χ3v) is 9.54. The lowest BCUT2D eigenvalue weighted by molar-refractivity contribution is -0.119. The molecule has 3 aliphatic rings. The van der Waals surface area contributed by atoms with E-state index in [9.17, 15) is 4.79 Å². The average Bonchev–Trinajstić information content (AvgIpc) is 3.53. The van der Waals surface area contributed by atoms with E-state index in [1.165, 1.54) is 55.4 Å². The molecule has 5 heterocycles. The number of aromatic nitrogens is 2. The van der Waals surface area contributed by atoms with Crippen molar-refractivity contribution in [2.45, 2.75) is 31.7 Å². The second-order valence-electron chi connectivity index (χ2n) is 11.6. The molecule has 0 radical (unpaired) electrons. The number of likely N-dealkylation sites (N-methyl/N-ethyl adjacent to an activating group) is 2. The van der Waals surface area contributed by atoms with Crippen LogP contribution in [0.15, 0.2) is 35.7 Å². The largest absolute Gasteiger partial charge is 0.370 e. The summed E-state index contributed by atoms with van der Waals surface area (Å²) in [6, 6.07) is 11.3. The molecule has 9 heteroatoms. The standard InChI is InChI=1S/C29H39N7OS/c1-33-11-10-23(18-33)34(2)15-20-8-12-35(13-9-20)27-26-24(22-6-4-3-5-7-22)19-38-28(26)32-29(31-27)36-16-21(17-36)14-25(30)37/h3-7,19-21,23H,8-18H2,1-2H3,(H2,30,37). The number of hydrogen-bond acceptors (Lipinski definition) is 8. The number of hydrogen-bond donors (Lipinski definition) is 1. The highest BCUT2D eigenvalue weighted by atomic mass is 32.1. The van der Waals surface area contributed by atoms with Crippen LogP contribution in [0.3, 0.4) is 0 Å². The van der Waals surface area contributed by atoms with E-state index in [4.69, 9.17) is 15.7 Å². The number of likely N-dealkylation sites (tertiary alicyclic amines) is 1. The molecule has 38 heavy (non-hydrogen) atoms. The Morgan fingerprint density at radius 1 is 1.03 bits per heavy atom. The monoisotopic (exact) mass is 533 g/mol. The van der Waals surface area contributed by atoms with Crippen molar-refractivity contribution in [3.05, 3.63) is 35.7 Å². The van der Waals surface area contributed by atoms with Crippen LogP contribution in [0.5, 0.6) is 0 Å². The minimum absolute atomic E-state index is 0.231. The maximum atomic E-state index is 11.4. The number of anilines is 2. The van der Waals surface area contributed by atoms with Crippen LogP contribution in [0.25, 0.3) is 21.3 Å². The quantitative estimate of drug-likeness (QED) is 0.474. The van der Waals surface area contributed by atoms with Crippen molar-refractivity contribution >= 4 is 39.2 Å². The number of rotatable bonds is 8. The normalized spacial score (nSPS) is 21.5. The fraction of sp³-hybridized carbons (Fsp3) is 0.552. The van der Waals surface area contributed by atoms with E-state index in [2.05, 4.69) is 69.4 Å². The maximum absolute atomic E-state index is 11.4. The molecule has 8 nitrogen and oxygen atoms in total. The molecular formula is C29H39N7OS. The Labute approximate surface area is 229 Å². The van der Waals surface area contributed by atoms with Gasteiger partial charge in [-0.2, -0.15) is 4.98 Å². The first kappa shape index (κ1) is 25.5. The first-order chi connectivity index (χ1) is 18.4. The predicted molar refractivity (Wildman–Crippen MR) is 156 cm³/mol. The molecule has 202 valence electrons. The van der Waals surface area contributed by atoms with Gasteiger partial charge in [-0.1, -0.05) is 30.3 Å². The lowest BCUT2D eigenvalue weighted by Gasteiger charge is -2.40. The zero-order valence-corrected chi connectivity index (χ0v) is 23.4. The van der Waals surface area contributed by atoms with Crippen molar-refractivity contribution in [1.29, 1.82) is 0 Å². The molecule has 1 unspecified atom stereocenters. The molecule has 0 spiro atoms. The number of nitrogens with two attached hydrogens (primary N) is 1. The van der Waals surface area contributed by atoms with Gasteiger partial charge in [-0.25, -0.2) is 4.98 Å². The van der Waals surface area contributed by atoms with E-state index in [-0.39, 0.29) is 5.91 Å². The fourth-order valence-corrected chi connectivity index (χ4v) is 7.35. The van der Waals surface area contributed by atoms with Crippen molar-refractivity contribution in [2.75, 3.05) is 69.7 Å². The third kappa shape index (κ3) is 5.24. The Balaban J connectivity index is 1.23. The smallest absolute Gasteiger partial charge is 0.228 e. The molecule has 0 aliphatic carbocycles. The highest BCUT2D eigenvalue weighted by Gasteiger charge is 2.33. The van der Waals surface area contributed by atoms with Crippen LogP contribution < -0.4 is 15.5 Å². The average molecular weight is 534 g/mol. The molecule has 2 aromatic heterocycles. The molecule has 1 atom stereocenters. The first-order valence-corrected chi connectivity index (χ1v) is 14.8. The van der Waals surface area contributed by atoms with Gasteiger partial charge in [0.05, 0.1) is 5.39 Å². The van der Waals surface area contributed by atoms with E-state index in [1.54, 1.807) is 11.3 Å². The van der Waals surface area contributed by atoms with Crippen LogP contribution in [0, 0.1) is 11.8 Å². The van der Waals surface area contributed by atoms with Crippen LogP contribution in [-0.4, -0.2) is 91.6 Å². The highest BCUT2D eigenvalue weighted by Crippen LogP contribution is 2.41. The molecule has 3 fully saturated rings. The van der Waals surface area contributed by atoms with Gasteiger partial charge in [-0.15, -0.1) is 11.3 Å². The summed E-state index contributed by atoms with van der Waals surface area (Å²) in [5.74, 6) is 2.63. The van der Waals surface area contributed by atoms with Crippen LogP contribution >= 0.6 is 11.3 Å². The zero-order valence-electron chi connectivity index (χ0n) is 22.6. The number of nitrogens with zero attached hydrogens (tertiary/aromatic N) is 6. The van der Waals surface area contributed by atoms with Gasteiger partial charge in [-0.05, 0) is 51.4 Å². The Morgan fingerprint density at radius 2 is 1.79 bits per heavy atom.